The van der Waals surface area contributed by atoms with E-state index in [-0.39, 0.29) is 11.8 Å². The fourth-order valence-electron chi connectivity index (χ4n) is 3.39. The molecule has 0 aromatic carbocycles. The number of ether oxygens (including phenoxy) is 2. The molecule has 1 atom stereocenters. The van der Waals surface area contributed by atoms with Crippen molar-refractivity contribution in [2.24, 2.45) is 11.8 Å². The lowest BCUT2D eigenvalue weighted by Gasteiger charge is -2.32. The van der Waals surface area contributed by atoms with Gasteiger partial charge in [-0.1, -0.05) is 13.8 Å². The number of aromatic nitrogens is 1. The number of amides is 1. The first-order valence-electron chi connectivity index (χ1n) is 11.5. The molecule has 1 aliphatic rings. The highest BCUT2D eigenvalue weighted by Crippen LogP contribution is 2.36. The number of alkyl carbamates (subject to hydrolysis) is 1. The first-order valence-corrected chi connectivity index (χ1v) is 11.5. The molecule has 2 heterocycles. The van der Waals surface area contributed by atoms with Crippen LogP contribution in [0.3, 0.4) is 0 Å². The molecule has 0 saturated carbocycles. The number of nitrogens with zero attached hydrogens (tertiary/aromatic N) is 2. The van der Waals surface area contributed by atoms with Gasteiger partial charge in [0.2, 0.25) is 5.88 Å². The predicted octanol–water partition coefficient (Wildman–Crippen LogP) is 3.82. The molecule has 2 rings (SSSR count). The minimum atomic E-state index is -0.602. The molecule has 182 valence electrons. The van der Waals surface area contributed by atoms with Crippen molar-refractivity contribution in [1.82, 2.24) is 10.3 Å². The number of nitrogens with one attached hydrogen (secondary N) is 1. The van der Waals surface area contributed by atoms with Crippen molar-refractivity contribution >= 4 is 18.7 Å². The van der Waals surface area contributed by atoms with Crippen LogP contribution >= 0.6 is 0 Å². The van der Waals surface area contributed by atoms with Crippen molar-refractivity contribution in [2.75, 3.05) is 13.2 Å². The quantitative estimate of drug-likeness (QED) is 0.590. The van der Waals surface area contributed by atoms with E-state index >= 15 is 0 Å². The lowest BCUT2D eigenvalue weighted by molar-refractivity contribution is 0.00578. The van der Waals surface area contributed by atoms with Crippen LogP contribution in [0.1, 0.15) is 74.3 Å². The van der Waals surface area contributed by atoms with Crippen molar-refractivity contribution in [3.63, 3.8) is 0 Å². The fraction of sp³-hybridized carbons (Fsp3) is 0.708. The number of carbonyl (C=O) groups is 1. The average Bonchev–Trinajstić information content (AvgIpc) is 2.89. The summed E-state index contributed by atoms with van der Waals surface area (Å²) in [4.78, 5) is 16.4. The molecule has 1 aromatic heterocycles. The summed E-state index contributed by atoms with van der Waals surface area (Å²) in [7, 11) is -0.602. The number of nitriles is 1. The van der Waals surface area contributed by atoms with Crippen molar-refractivity contribution in [1.29, 1.82) is 5.26 Å². The summed E-state index contributed by atoms with van der Waals surface area (Å²) in [6, 6.07) is 3.85. The molecular weight excluding hydrogens is 421 g/mol. The molecule has 1 aliphatic heterocycles. The summed E-state index contributed by atoms with van der Waals surface area (Å²) in [6.45, 7) is 18.3. The maximum atomic E-state index is 12.0. The van der Waals surface area contributed by atoms with E-state index in [2.05, 4.69) is 30.2 Å². The van der Waals surface area contributed by atoms with Crippen LogP contribution in [0.15, 0.2) is 12.3 Å². The van der Waals surface area contributed by atoms with E-state index < -0.39 is 30.0 Å². The monoisotopic (exact) mass is 459 g/mol. The summed E-state index contributed by atoms with van der Waals surface area (Å²) >= 11 is 0. The molecule has 1 N–H and O–H groups in total. The Hall–Kier alpha value is -2.31. The third-order valence-electron chi connectivity index (χ3n) is 5.71. The Morgan fingerprint density at radius 1 is 1.24 bits per heavy atom. The van der Waals surface area contributed by atoms with Crippen LogP contribution in [0, 0.1) is 23.2 Å². The molecule has 0 radical (unpaired) electrons. The Morgan fingerprint density at radius 2 is 1.85 bits per heavy atom. The zero-order chi connectivity index (χ0) is 25.0. The molecule has 1 saturated heterocycles. The maximum absolute atomic E-state index is 12.0. The summed E-state index contributed by atoms with van der Waals surface area (Å²) in [5.74, 6) is 0.700. The largest absolute Gasteiger partial charge is 0.496 e. The lowest BCUT2D eigenvalue weighted by atomic mass is 9.80. The molecule has 0 spiro atoms. The molecule has 8 nitrogen and oxygen atoms in total. The van der Waals surface area contributed by atoms with Crippen molar-refractivity contribution in [3.8, 4) is 11.9 Å². The summed E-state index contributed by atoms with van der Waals surface area (Å²) in [5, 5.41) is 12.5. The zero-order valence-corrected chi connectivity index (χ0v) is 21.4. The smallest absolute Gasteiger partial charge is 0.476 e. The topological polar surface area (TPSA) is 103 Å². The van der Waals surface area contributed by atoms with Gasteiger partial charge < -0.3 is 24.1 Å². The van der Waals surface area contributed by atoms with Crippen LogP contribution in [0.2, 0.25) is 0 Å². The Bertz CT molecular complexity index is 858. The highest BCUT2D eigenvalue weighted by atomic mass is 16.7. The van der Waals surface area contributed by atoms with Crippen LogP contribution in [-0.4, -0.2) is 48.2 Å². The fourth-order valence-corrected chi connectivity index (χ4v) is 3.39. The number of pyridine rings is 1. The number of hydrogen-bond donors (Lipinski definition) is 1. The van der Waals surface area contributed by atoms with Gasteiger partial charge >= 0.3 is 13.2 Å². The van der Waals surface area contributed by atoms with E-state index in [1.807, 2.05) is 48.5 Å². The predicted molar refractivity (Wildman–Crippen MR) is 127 cm³/mol. The first kappa shape index (κ1) is 26.9. The van der Waals surface area contributed by atoms with Gasteiger partial charge in [0.05, 0.1) is 17.8 Å². The van der Waals surface area contributed by atoms with Crippen LogP contribution < -0.4 is 15.5 Å². The lowest BCUT2D eigenvalue weighted by Crippen LogP contribution is -2.41. The molecule has 33 heavy (non-hydrogen) atoms. The Morgan fingerprint density at radius 3 is 2.36 bits per heavy atom. The minimum absolute atomic E-state index is 0.0358. The van der Waals surface area contributed by atoms with Crippen molar-refractivity contribution in [2.45, 2.75) is 85.5 Å². The van der Waals surface area contributed by atoms with Gasteiger partial charge in [0.25, 0.3) is 0 Å². The minimum Gasteiger partial charge on any atom is -0.476 e. The second-order valence-corrected chi connectivity index (χ2v) is 11.0. The van der Waals surface area contributed by atoms with E-state index in [0.717, 1.165) is 6.42 Å². The molecule has 0 aliphatic carbocycles. The Balaban J connectivity index is 2.05. The van der Waals surface area contributed by atoms with Gasteiger partial charge in [-0.2, -0.15) is 5.26 Å². The first-order chi connectivity index (χ1) is 15.1. The maximum Gasteiger partial charge on any atom is 0.496 e. The molecular formula is C24H38BN3O5. The summed E-state index contributed by atoms with van der Waals surface area (Å²) in [5.41, 5.74) is -0.539. The number of carbonyl (C=O) groups excluding carboxylic acids is 1. The Kier molecular flexibility index (Phi) is 8.42. The van der Waals surface area contributed by atoms with Gasteiger partial charge in [-0.3, -0.25) is 0 Å². The van der Waals surface area contributed by atoms with Crippen LogP contribution in [0.5, 0.6) is 5.88 Å². The van der Waals surface area contributed by atoms with E-state index in [1.54, 1.807) is 12.3 Å². The molecule has 9 heteroatoms. The van der Waals surface area contributed by atoms with E-state index in [0.29, 0.717) is 30.1 Å². The highest BCUT2D eigenvalue weighted by Gasteiger charge is 2.52. The van der Waals surface area contributed by atoms with Gasteiger partial charge in [-0.15, -0.1) is 0 Å². The van der Waals surface area contributed by atoms with Crippen LogP contribution in [0.4, 0.5) is 4.79 Å². The van der Waals surface area contributed by atoms with E-state index in [4.69, 9.17) is 18.8 Å². The summed E-state index contributed by atoms with van der Waals surface area (Å²) in [6.07, 6.45) is 2.00. The normalized spacial score (nSPS) is 18.0. The van der Waals surface area contributed by atoms with Crippen LogP contribution in [0.25, 0.3) is 0 Å². The van der Waals surface area contributed by atoms with Gasteiger partial charge in [0, 0.05) is 24.1 Å². The third kappa shape index (κ3) is 7.61. The molecule has 0 unspecified atom stereocenters. The molecule has 1 fully saturated rings. The molecule has 1 aromatic rings. The second kappa shape index (κ2) is 10.3. The van der Waals surface area contributed by atoms with E-state index in [1.165, 1.54) is 0 Å². The van der Waals surface area contributed by atoms with Gasteiger partial charge in [-0.05, 0) is 66.9 Å². The van der Waals surface area contributed by atoms with Crippen molar-refractivity contribution < 1.29 is 23.6 Å². The second-order valence-electron chi connectivity index (χ2n) is 11.0. The van der Waals surface area contributed by atoms with Crippen molar-refractivity contribution in [3.05, 3.63) is 17.8 Å². The molecule has 0 bridgehead atoms. The number of rotatable bonds is 8. The molecule has 1 amide bonds. The highest BCUT2D eigenvalue weighted by molar-refractivity contribution is 6.62. The standard InChI is InChI=1S/C24H38BN3O5/c1-16(2)10-17(13-28-21(29)31-22(3,4)5)15-30-20-18(12-26)11-19(14-27-20)25-32-23(6,7)24(8,9)33-25/h11,14,16-17H,10,13,15H2,1-9H3,(H,28,29)/t17-/m0/s1. The average molecular weight is 459 g/mol. The van der Waals surface area contributed by atoms with Gasteiger partial charge in [0.1, 0.15) is 17.2 Å². The van der Waals surface area contributed by atoms with E-state index in [9.17, 15) is 10.1 Å². The zero-order valence-electron chi connectivity index (χ0n) is 21.4. The summed E-state index contributed by atoms with van der Waals surface area (Å²) < 4.78 is 23.3. The van der Waals surface area contributed by atoms with Crippen LogP contribution in [-0.2, 0) is 14.0 Å². The van der Waals surface area contributed by atoms with Gasteiger partial charge in [0.15, 0.2) is 0 Å². The Labute approximate surface area is 198 Å². The third-order valence-corrected chi connectivity index (χ3v) is 5.71. The van der Waals surface area contributed by atoms with Gasteiger partial charge in [-0.25, -0.2) is 9.78 Å². The SMILES string of the molecule is CC(C)C[C@@H](CNC(=O)OC(C)(C)C)COc1ncc(B2OC(C)(C)C(C)(C)O2)cc1C#N. The number of hydrogen-bond acceptors (Lipinski definition) is 7.